The summed E-state index contributed by atoms with van der Waals surface area (Å²) in [6.45, 7) is 0.116. The number of cyclic esters (lactones) is 1. The van der Waals surface area contributed by atoms with E-state index in [-0.39, 0.29) is 12.3 Å². The van der Waals surface area contributed by atoms with E-state index >= 15 is 0 Å². The van der Waals surface area contributed by atoms with E-state index in [0.717, 1.165) is 6.07 Å². The second kappa shape index (κ2) is 4.20. The van der Waals surface area contributed by atoms with E-state index in [2.05, 4.69) is 5.32 Å². The van der Waals surface area contributed by atoms with Crippen LogP contribution in [0.1, 0.15) is 11.6 Å². The zero-order valence-electron chi connectivity index (χ0n) is 9.46. The average Bonchev–Trinajstić information content (AvgIpc) is 2.68. The van der Waals surface area contributed by atoms with Gasteiger partial charge in [-0.05, 0) is 6.07 Å². The van der Waals surface area contributed by atoms with Crippen LogP contribution < -0.4 is 10.2 Å². The summed E-state index contributed by atoms with van der Waals surface area (Å²) < 4.78 is 31.6. The van der Waals surface area contributed by atoms with Gasteiger partial charge in [0.05, 0.1) is 11.7 Å². The van der Waals surface area contributed by atoms with Gasteiger partial charge in [0.2, 0.25) is 0 Å². The number of nitrogens with zero attached hydrogens (tertiary/aromatic N) is 1. The number of amides is 1. The maximum atomic E-state index is 13.7. The highest BCUT2D eigenvalue weighted by Crippen LogP contribution is 2.31. The molecule has 1 fully saturated rings. The lowest BCUT2D eigenvalue weighted by Crippen LogP contribution is -2.22. The first-order valence-electron chi connectivity index (χ1n) is 5.09. The number of benzene rings is 1. The first-order valence-corrected chi connectivity index (χ1v) is 5.09. The Morgan fingerprint density at radius 3 is 2.65 bits per heavy atom. The maximum Gasteiger partial charge on any atom is 0.407 e. The van der Waals surface area contributed by atoms with Crippen molar-refractivity contribution in [3.05, 3.63) is 29.3 Å². The van der Waals surface area contributed by atoms with Crippen LogP contribution in [0.25, 0.3) is 0 Å². The molecule has 17 heavy (non-hydrogen) atoms. The Kier molecular flexibility index (Phi) is 2.87. The topological polar surface area (TPSA) is 41.6 Å². The fraction of sp³-hybridized carbons (Fsp3) is 0.364. The van der Waals surface area contributed by atoms with Gasteiger partial charge in [-0.25, -0.2) is 13.6 Å². The fourth-order valence-electron chi connectivity index (χ4n) is 1.84. The smallest absolute Gasteiger partial charge is 0.407 e. The van der Waals surface area contributed by atoms with Crippen LogP contribution in [0.3, 0.4) is 0 Å². The minimum absolute atomic E-state index is 0.116. The van der Waals surface area contributed by atoms with E-state index < -0.39 is 23.8 Å². The van der Waals surface area contributed by atoms with Crippen LogP contribution in [-0.4, -0.2) is 26.8 Å². The van der Waals surface area contributed by atoms with Crippen LogP contribution >= 0.6 is 0 Å². The highest BCUT2D eigenvalue weighted by atomic mass is 19.2. The fourth-order valence-corrected chi connectivity index (χ4v) is 1.84. The molecular formula is C11H12F2N2O2. The van der Waals surface area contributed by atoms with Crippen LogP contribution in [-0.2, 0) is 4.74 Å². The summed E-state index contributed by atoms with van der Waals surface area (Å²) in [6, 6.07) is 2.05. The molecule has 6 heteroatoms. The lowest BCUT2D eigenvalue weighted by Gasteiger charge is -2.21. The number of carbonyl (C=O) groups is 1. The highest BCUT2D eigenvalue weighted by molar-refractivity contribution is 5.71. The van der Waals surface area contributed by atoms with Crippen molar-refractivity contribution in [2.75, 3.05) is 25.6 Å². The molecular weight excluding hydrogens is 230 g/mol. The molecule has 0 bridgehead atoms. The van der Waals surface area contributed by atoms with Gasteiger partial charge in [0.1, 0.15) is 6.61 Å². The monoisotopic (exact) mass is 242 g/mol. The summed E-state index contributed by atoms with van der Waals surface area (Å²) >= 11 is 0. The third kappa shape index (κ3) is 2.02. The minimum Gasteiger partial charge on any atom is -0.447 e. The van der Waals surface area contributed by atoms with E-state index in [1.807, 2.05) is 0 Å². The average molecular weight is 242 g/mol. The van der Waals surface area contributed by atoms with Gasteiger partial charge in [0.25, 0.3) is 0 Å². The van der Waals surface area contributed by atoms with E-state index in [1.54, 1.807) is 14.1 Å². The van der Waals surface area contributed by atoms with E-state index in [0.29, 0.717) is 5.56 Å². The Balaban J connectivity index is 2.46. The number of anilines is 1. The van der Waals surface area contributed by atoms with Gasteiger partial charge in [-0.15, -0.1) is 0 Å². The molecule has 2 rings (SSSR count). The van der Waals surface area contributed by atoms with Crippen molar-refractivity contribution in [2.45, 2.75) is 6.04 Å². The van der Waals surface area contributed by atoms with Crippen molar-refractivity contribution < 1.29 is 18.3 Å². The molecule has 0 aliphatic carbocycles. The third-order valence-corrected chi connectivity index (χ3v) is 2.60. The summed E-state index contributed by atoms with van der Waals surface area (Å²) in [5.41, 5.74) is 0.626. The molecule has 1 aliphatic rings. The Hall–Kier alpha value is -1.85. The lowest BCUT2D eigenvalue weighted by molar-refractivity contribution is 0.177. The van der Waals surface area contributed by atoms with E-state index in [4.69, 9.17) is 4.74 Å². The van der Waals surface area contributed by atoms with Crippen molar-refractivity contribution in [3.63, 3.8) is 0 Å². The third-order valence-electron chi connectivity index (χ3n) is 2.60. The van der Waals surface area contributed by atoms with Gasteiger partial charge >= 0.3 is 6.09 Å². The first kappa shape index (κ1) is 11.6. The number of carbonyl (C=O) groups excluding carboxylic acids is 1. The first-order chi connectivity index (χ1) is 8.00. The van der Waals surface area contributed by atoms with E-state index in [1.165, 1.54) is 11.0 Å². The van der Waals surface area contributed by atoms with Crippen LogP contribution in [0, 0.1) is 11.6 Å². The summed E-state index contributed by atoms with van der Waals surface area (Å²) in [4.78, 5) is 12.4. The van der Waals surface area contributed by atoms with Gasteiger partial charge in [-0.3, -0.25) is 0 Å². The minimum atomic E-state index is -0.923. The molecule has 0 aromatic heterocycles. The zero-order valence-corrected chi connectivity index (χ0v) is 9.46. The summed E-state index contributed by atoms with van der Waals surface area (Å²) in [7, 11) is 3.22. The molecule has 0 spiro atoms. The molecule has 1 N–H and O–H groups in total. The Morgan fingerprint density at radius 2 is 2.12 bits per heavy atom. The molecule has 1 amide bonds. The SMILES string of the molecule is CN(C)c1c(C2COC(=O)N2)ccc(F)c1F. The summed E-state index contributed by atoms with van der Waals surface area (Å²) in [6.07, 6.45) is -0.551. The number of alkyl carbamates (subject to hydrolysis) is 1. The van der Waals surface area contributed by atoms with Crippen molar-refractivity contribution in [1.82, 2.24) is 5.32 Å². The molecule has 1 aromatic rings. The molecule has 1 heterocycles. The van der Waals surface area contributed by atoms with Crippen LogP contribution in [0.4, 0.5) is 19.3 Å². The van der Waals surface area contributed by atoms with Gasteiger partial charge in [-0.2, -0.15) is 0 Å². The number of nitrogens with one attached hydrogen (secondary N) is 1. The van der Waals surface area contributed by atoms with Gasteiger partial charge in [-0.1, -0.05) is 6.07 Å². The van der Waals surface area contributed by atoms with Crippen LogP contribution in [0.15, 0.2) is 12.1 Å². The number of rotatable bonds is 2. The number of hydrogen-bond donors (Lipinski definition) is 1. The molecule has 4 nitrogen and oxygen atoms in total. The van der Waals surface area contributed by atoms with E-state index in [9.17, 15) is 13.6 Å². The van der Waals surface area contributed by atoms with Crippen LogP contribution in [0.2, 0.25) is 0 Å². The Morgan fingerprint density at radius 1 is 1.41 bits per heavy atom. The van der Waals surface area contributed by atoms with Crippen molar-refractivity contribution >= 4 is 11.8 Å². The summed E-state index contributed by atoms with van der Waals surface area (Å²) in [5.74, 6) is -1.84. The second-order valence-electron chi connectivity index (χ2n) is 3.99. The standard InChI is InChI=1S/C11H12F2N2O2/c1-15(2)10-6(3-4-7(12)9(10)13)8-5-17-11(16)14-8/h3-4,8H,5H2,1-2H3,(H,14,16). The second-order valence-corrected chi connectivity index (χ2v) is 3.99. The largest absolute Gasteiger partial charge is 0.447 e. The van der Waals surface area contributed by atoms with Crippen molar-refractivity contribution in [2.24, 2.45) is 0 Å². The number of halogens is 2. The van der Waals surface area contributed by atoms with Crippen molar-refractivity contribution in [1.29, 1.82) is 0 Å². The van der Waals surface area contributed by atoms with Gasteiger partial charge in [0.15, 0.2) is 11.6 Å². The predicted octanol–water partition coefficient (Wildman–Crippen LogP) is 1.81. The quantitative estimate of drug-likeness (QED) is 0.860. The molecule has 1 aliphatic heterocycles. The Labute approximate surface area is 97.2 Å². The van der Waals surface area contributed by atoms with Gasteiger partial charge < -0.3 is 15.0 Å². The summed E-state index contributed by atoms with van der Waals surface area (Å²) in [5, 5.41) is 2.54. The van der Waals surface area contributed by atoms with Crippen molar-refractivity contribution in [3.8, 4) is 0 Å². The number of ether oxygens (including phenoxy) is 1. The van der Waals surface area contributed by atoms with Crippen LogP contribution in [0.5, 0.6) is 0 Å². The lowest BCUT2D eigenvalue weighted by atomic mass is 10.0. The molecule has 0 saturated carbocycles. The van der Waals surface area contributed by atoms with Gasteiger partial charge in [0, 0.05) is 19.7 Å². The molecule has 1 saturated heterocycles. The molecule has 1 unspecified atom stereocenters. The molecule has 92 valence electrons. The maximum absolute atomic E-state index is 13.7. The molecule has 1 aromatic carbocycles. The Bertz CT molecular complexity index is 463. The normalized spacial score (nSPS) is 18.8. The number of hydrogen-bond acceptors (Lipinski definition) is 3. The predicted molar refractivity (Wildman–Crippen MR) is 57.9 cm³/mol. The zero-order chi connectivity index (χ0) is 12.6. The molecule has 1 atom stereocenters. The molecule has 0 radical (unpaired) electrons. The highest BCUT2D eigenvalue weighted by Gasteiger charge is 2.28.